The van der Waals surface area contributed by atoms with Gasteiger partial charge < -0.3 is 10.0 Å². The normalized spacial score (nSPS) is 12.0. The lowest BCUT2D eigenvalue weighted by Crippen LogP contribution is -2.38. The molecule has 1 amide bonds. The Balaban J connectivity index is 3.25. The van der Waals surface area contributed by atoms with Crippen molar-refractivity contribution in [1.82, 2.24) is 4.90 Å². The van der Waals surface area contributed by atoms with E-state index in [-0.39, 0.29) is 5.91 Å². The van der Waals surface area contributed by atoms with Crippen molar-refractivity contribution >= 4 is 35.1 Å². The number of carbonyl (C=O) groups is 2. The van der Waals surface area contributed by atoms with Gasteiger partial charge in [0.2, 0.25) is 5.91 Å². The Morgan fingerprint density at radius 3 is 2.16 bits per heavy atom. The largest absolute Gasteiger partial charge is 0.479 e. The molecule has 0 saturated carbocycles. The summed E-state index contributed by atoms with van der Waals surface area (Å²) in [5.74, 6) is -1.41. The van der Waals surface area contributed by atoms with E-state index in [0.29, 0.717) is 28.6 Å². The number of halogens is 2. The summed E-state index contributed by atoms with van der Waals surface area (Å²) in [6.07, 6.45) is 0.664. The second-order valence-corrected chi connectivity index (χ2v) is 5.03. The molecule has 0 bridgehead atoms. The van der Waals surface area contributed by atoms with Crippen molar-refractivity contribution in [2.24, 2.45) is 0 Å². The van der Waals surface area contributed by atoms with Crippen molar-refractivity contribution in [2.75, 3.05) is 6.54 Å². The molecule has 0 heterocycles. The summed E-state index contributed by atoms with van der Waals surface area (Å²) < 4.78 is 0. The topological polar surface area (TPSA) is 57.6 Å². The van der Waals surface area contributed by atoms with Gasteiger partial charge >= 0.3 is 5.97 Å². The van der Waals surface area contributed by atoms with Crippen LogP contribution in [0.2, 0.25) is 10.0 Å². The highest BCUT2D eigenvalue weighted by atomic mass is 35.5. The molecule has 0 radical (unpaired) electrons. The molecule has 104 valence electrons. The SMILES string of the molecule is CCCN(C(C)=O)C(C(=O)O)c1cc(Cl)cc(Cl)c1. The Kier molecular flexibility index (Phi) is 5.63. The van der Waals surface area contributed by atoms with Gasteiger partial charge in [0, 0.05) is 23.5 Å². The van der Waals surface area contributed by atoms with Gasteiger partial charge in [-0.15, -0.1) is 0 Å². The van der Waals surface area contributed by atoms with Crippen LogP contribution >= 0.6 is 23.2 Å². The van der Waals surface area contributed by atoms with Crippen LogP contribution in [-0.4, -0.2) is 28.4 Å². The highest BCUT2D eigenvalue weighted by molar-refractivity contribution is 6.34. The third kappa shape index (κ3) is 4.11. The average Bonchev–Trinajstić information content (AvgIpc) is 2.26. The van der Waals surface area contributed by atoms with Crippen molar-refractivity contribution in [2.45, 2.75) is 26.3 Å². The van der Waals surface area contributed by atoms with E-state index in [1.165, 1.54) is 30.0 Å². The van der Waals surface area contributed by atoms with Crippen LogP contribution < -0.4 is 0 Å². The molecule has 0 aromatic heterocycles. The maximum atomic E-state index is 11.6. The van der Waals surface area contributed by atoms with Gasteiger partial charge in [-0.3, -0.25) is 4.79 Å². The number of amides is 1. The first-order valence-electron chi connectivity index (χ1n) is 5.82. The van der Waals surface area contributed by atoms with Gasteiger partial charge in [0.05, 0.1) is 0 Å². The number of benzene rings is 1. The Bertz CT molecular complexity index is 471. The van der Waals surface area contributed by atoms with Crippen molar-refractivity contribution in [3.63, 3.8) is 0 Å². The van der Waals surface area contributed by atoms with Crippen LogP contribution in [0.15, 0.2) is 18.2 Å². The monoisotopic (exact) mass is 303 g/mol. The van der Waals surface area contributed by atoms with Gasteiger partial charge in [-0.1, -0.05) is 30.1 Å². The molecule has 0 fully saturated rings. The summed E-state index contributed by atoms with van der Waals surface area (Å²) in [5, 5.41) is 10.1. The molecule has 0 saturated heterocycles. The summed E-state index contributed by atoms with van der Waals surface area (Å²) >= 11 is 11.8. The van der Waals surface area contributed by atoms with Crippen LogP contribution in [-0.2, 0) is 9.59 Å². The molecule has 1 N–H and O–H groups in total. The summed E-state index contributed by atoms with van der Waals surface area (Å²) in [5.41, 5.74) is 0.397. The van der Waals surface area contributed by atoms with Gasteiger partial charge in [0.25, 0.3) is 0 Å². The fourth-order valence-corrected chi connectivity index (χ4v) is 2.44. The number of aliphatic carboxylic acids is 1. The molecule has 0 aliphatic carbocycles. The van der Waals surface area contributed by atoms with E-state index >= 15 is 0 Å². The van der Waals surface area contributed by atoms with Crippen LogP contribution in [0.4, 0.5) is 0 Å². The average molecular weight is 304 g/mol. The molecule has 6 heteroatoms. The number of rotatable bonds is 5. The Morgan fingerprint density at radius 2 is 1.79 bits per heavy atom. The lowest BCUT2D eigenvalue weighted by Gasteiger charge is -2.28. The molecule has 0 spiro atoms. The third-order valence-corrected chi connectivity index (χ3v) is 3.05. The van der Waals surface area contributed by atoms with Crippen LogP contribution in [0, 0.1) is 0 Å². The van der Waals surface area contributed by atoms with E-state index in [9.17, 15) is 14.7 Å². The molecule has 4 nitrogen and oxygen atoms in total. The van der Waals surface area contributed by atoms with Crippen LogP contribution in [0.5, 0.6) is 0 Å². The van der Waals surface area contributed by atoms with Crippen LogP contribution in [0.1, 0.15) is 31.9 Å². The molecular formula is C13H15Cl2NO3. The first kappa shape index (κ1) is 15.8. The van der Waals surface area contributed by atoms with Crippen molar-refractivity contribution < 1.29 is 14.7 Å². The zero-order valence-corrected chi connectivity index (χ0v) is 12.2. The Labute approximate surface area is 121 Å². The predicted molar refractivity (Wildman–Crippen MR) is 74.5 cm³/mol. The minimum Gasteiger partial charge on any atom is -0.479 e. The molecule has 0 aliphatic heterocycles. The maximum Gasteiger partial charge on any atom is 0.331 e. The predicted octanol–water partition coefficient (Wildman–Crippen LogP) is 3.38. The lowest BCUT2D eigenvalue weighted by atomic mass is 10.0. The smallest absolute Gasteiger partial charge is 0.331 e. The van der Waals surface area contributed by atoms with Gasteiger partial charge in [0.15, 0.2) is 6.04 Å². The van der Waals surface area contributed by atoms with Gasteiger partial charge in [-0.05, 0) is 30.2 Å². The molecular weight excluding hydrogens is 289 g/mol. The van der Waals surface area contributed by atoms with Crippen LogP contribution in [0.25, 0.3) is 0 Å². The van der Waals surface area contributed by atoms with Gasteiger partial charge in [-0.2, -0.15) is 0 Å². The van der Waals surface area contributed by atoms with Crippen molar-refractivity contribution in [1.29, 1.82) is 0 Å². The minimum absolute atomic E-state index is 0.301. The Morgan fingerprint density at radius 1 is 1.26 bits per heavy atom. The molecule has 1 aromatic carbocycles. The van der Waals surface area contributed by atoms with E-state index in [4.69, 9.17) is 23.2 Å². The number of hydrogen-bond acceptors (Lipinski definition) is 2. The fourth-order valence-electron chi connectivity index (χ4n) is 1.90. The molecule has 1 rings (SSSR count). The quantitative estimate of drug-likeness (QED) is 0.907. The zero-order valence-electron chi connectivity index (χ0n) is 10.7. The first-order valence-corrected chi connectivity index (χ1v) is 6.58. The van der Waals surface area contributed by atoms with Crippen molar-refractivity contribution in [3.05, 3.63) is 33.8 Å². The summed E-state index contributed by atoms with van der Waals surface area (Å²) in [7, 11) is 0. The number of nitrogens with zero attached hydrogens (tertiary/aromatic N) is 1. The second-order valence-electron chi connectivity index (χ2n) is 4.16. The standard InChI is InChI=1S/C13H15Cl2NO3/c1-3-4-16(8(2)17)12(13(18)19)9-5-10(14)7-11(15)6-9/h5-7,12H,3-4H2,1-2H3,(H,18,19). The summed E-state index contributed by atoms with van der Waals surface area (Å²) in [4.78, 5) is 24.4. The number of hydrogen-bond donors (Lipinski definition) is 1. The first-order chi connectivity index (χ1) is 8.86. The van der Waals surface area contributed by atoms with E-state index in [1.54, 1.807) is 0 Å². The Hall–Kier alpha value is -1.26. The molecule has 1 atom stereocenters. The number of carboxylic acid groups (broad SMARTS) is 1. The van der Waals surface area contributed by atoms with Crippen LogP contribution in [0.3, 0.4) is 0 Å². The summed E-state index contributed by atoms with van der Waals surface area (Å²) in [6.45, 7) is 3.58. The minimum atomic E-state index is -1.11. The molecule has 0 aliphatic rings. The highest BCUT2D eigenvalue weighted by Gasteiger charge is 2.29. The van der Waals surface area contributed by atoms with E-state index in [1.807, 2.05) is 6.92 Å². The summed E-state index contributed by atoms with van der Waals surface area (Å²) in [6, 6.07) is 3.47. The molecule has 19 heavy (non-hydrogen) atoms. The molecule has 1 unspecified atom stereocenters. The highest BCUT2D eigenvalue weighted by Crippen LogP contribution is 2.28. The second kappa shape index (κ2) is 6.78. The van der Waals surface area contributed by atoms with Gasteiger partial charge in [0.1, 0.15) is 0 Å². The van der Waals surface area contributed by atoms with E-state index in [0.717, 1.165) is 0 Å². The molecule has 1 aromatic rings. The zero-order chi connectivity index (χ0) is 14.6. The third-order valence-electron chi connectivity index (χ3n) is 2.62. The lowest BCUT2D eigenvalue weighted by molar-refractivity contribution is -0.149. The van der Waals surface area contributed by atoms with E-state index in [2.05, 4.69) is 0 Å². The number of carboxylic acids is 1. The van der Waals surface area contributed by atoms with Gasteiger partial charge in [-0.25, -0.2) is 4.79 Å². The number of carbonyl (C=O) groups excluding carboxylic acids is 1. The van der Waals surface area contributed by atoms with Crippen molar-refractivity contribution in [3.8, 4) is 0 Å². The fraction of sp³-hybridized carbons (Fsp3) is 0.385. The van der Waals surface area contributed by atoms with E-state index < -0.39 is 12.0 Å². The maximum absolute atomic E-state index is 11.6.